The number of hydrogen-bond donors (Lipinski definition) is 1. The van der Waals surface area contributed by atoms with Crippen LogP contribution in [0, 0.1) is 13.8 Å². The molecule has 0 amide bonds. The van der Waals surface area contributed by atoms with Crippen LogP contribution in [0.15, 0.2) is 29.4 Å². The molecule has 5 nitrogen and oxygen atoms in total. The second kappa shape index (κ2) is 4.63. The van der Waals surface area contributed by atoms with Gasteiger partial charge in [-0.15, -0.1) is 0 Å². The van der Waals surface area contributed by atoms with Gasteiger partial charge in [-0.05, 0) is 38.3 Å². The average Bonchev–Trinajstić information content (AvgIpc) is 2.85. The van der Waals surface area contributed by atoms with E-state index in [4.69, 9.17) is 0 Å². The van der Waals surface area contributed by atoms with Gasteiger partial charge in [0.15, 0.2) is 5.03 Å². The predicted octanol–water partition coefficient (Wildman–Crippen LogP) is 2.17. The number of nitrogens with zero attached hydrogens (tertiary/aromatic N) is 2. The number of anilines is 1. The lowest BCUT2D eigenvalue weighted by Gasteiger charge is -2.30. The second-order valence-electron chi connectivity index (χ2n) is 5.15. The van der Waals surface area contributed by atoms with Crippen LogP contribution >= 0.6 is 0 Å². The Kier molecular flexibility index (Phi) is 3.05. The van der Waals surface area contributed by atoms with Crippen LogP contribution in [0.4, 0.5) is 5.69 Å². The van der Waals surface area contributed by atoms with Gasteiger partial charge < -0.3 is 4.98 Å². The number of benzene rings is 1. The Morgan fingerprint density at radius 3 is 2.80 bits per heavy atom. The summed E-state index contributed by atoms with van der Waals surface area (Å²) in [4.78, 5) is 6.80. The van der Waals surface area contributed by atoms with Gasteiger partial charge in [0.1, 0.15) is 5.82 Å². The quantitative estimate of drug-likeness (QED) is 0.922. The van der Waals surface area contributed by atoms with E-state index in [1.807, 2.05) is 19.1 Å². The second-order valence-corrected chi connectivity index (χ2v) is 6.98. The molecule has 3 rings (SSSR count). The van der Waals surface area contributed by atoms with E-state index in [2.05, 4.69) is 16.0 Å². The Balaban J connectivity index is 2.08. The van der Waals surface area contributed by atoms with Crippen LogP contribution in [-0.4, -0.2) is 24.9 Å². The number of imidazole rings is 1. The number of aryl methyl sites for hydroxylation is 3. The summed E-state index contributed by atoms with van der Waals surface area (Å²) in [6.07, 6.45) is 3.14. The molecule has 20 heavy (non-hydrogen) atoms. The summed E-state index contributed by atoms with van der Waals surface area (Å²) in [6, 6.07) is 5.91. The van der Waals surface area contributed by atoms with Crippen molar-refractivity contribution in [1.82, 2.24) is 9.97 Å². The number of sulfonamides is 1. The highest BCUT2D eigenvalue weighted by Crippen LogP contribution is 2.32. The molecule has 0 radical (unpaired) electrons. The van der Waals surface area contributed by atoms with Gasteiger partial charge in [0.05, 0.1) is 11.9 Å². The summed E-state index contributed by atoms with van der Waals surface area (Å²) in [5.41, 5.74) is 3.03. The fraction of sp³-hybridized carbons (Fsp3) is 0.357. The van der Waals surface area contributed by atoms with Crippen molar-refractivity contribution in [2.45, 2.75) is 31.7 Å². The largest absolute Gasteiger partial charge is 0.332 e. The first kappa shape index (κ1) is 13.2. The summed E-state index contributed by atoms with van der Waals surface area (Å²) in [5, 5.41) is 0.156. The van der Waals surface area contributed by atoms with Crippen molar-refractivity contribution in [3.63, 3.8) is 0 Å². The highest BCUT2D eigenvalue weighted by molar-refractivity contribution is 7.92. The highest BCUT2D eigenvalue weighted by Gasteiger charge is 2.30. The Morgan fingerprint density at radius 2 is 2.10 bits per heavy atom. The van der Waals surface area contributed by atoms with Gasteiger partial charge in [-0.1, -0.05) is 17.7 Å². The van der Waals surface area contributed by atoms with Gasteiger partial charge in [0, 0.05) is 6.54 Å². The molecule has 1 N–H and O–H groups in total. The van der Waals surface area contributed by atoms with E-state index in [0.29, 0.717) is 12.4 Å². The fourth-order valence-electron chi connectivity index (χ4n) is 2.59. The molecule has 1 aliphatic heterocycles. The van der Waals surface area contributed by atoms with Crippen LogP contribution in [-0.2, 0) is 16.4 Å². The van der Waals surface area contributed by atoms with Crippen molar-refractivity contribution in [3.8, 4) is 0 Å². The van der Waals surface area contributed by atoms with Gasteiger partial charge in [-0.3, -0.25) is 4.31 Å². The summed E-state index contributed by atoms with van der Waals surface area (Å²) in [6.45, 7) is 4.27. The molecule has 0 atom stereocenters. The molecule has 2 heterocycles. The number of aromatic nitrogens is 2. The molecule has 0 spiro atoms. The zero-order valence-corrected chi connectivity index (χ0v) is 12.4. The van der Waals surface area contributed by atoms with Crippen molar-refractivity contribution in [3.05, 3.63) is 41.3 Å². The smallest absolute Gasteiger partial charge is 0.281 e. The number of aromatic amines is 1. The third-order valence-corrected chi connectivity index (χ3v) is 5.28. The Bertz CT molecular complexity index is 750. The molecule has 106 valence electrons. The minimum Gasteiger partial charge on any atom is -0.332 e. The molecule has 1 aliphatic rings. The number of fused-ring (bicyclic) bond motifs is 1. The minimum absolute atomic E-state index is 0.156. The molecule has 6 heteroatoms. The fourth-order valence-corrected chi connectivity index (χ4v) is 4.10. The molecule has 0 bridgehead atoms. The van der Waals surface area contributed by atoms with Crippen LogP contribution in [0.25, 0.3) is 0 Å². The average molecular weight is 291 g/mol. The predicted molar refractivity (Wildman–Crippen MR) is 77.4 cm³/mol. The van der Waals surface area contributed by atoms with E-state index in [1.54, 1.807) is 6.92 Å². The summed E-state index contributed by atoms with van der Waals surface area (Å²) < 4.78 is 26.9. The Hall–Kier alpha value is -1.82. The van der Waals surface area contributed by atoms with Crippen molar-refractivity contribution in [2.75, 3.05) is 10.8 Å². The molecule has 1 aromatic carbocycles. The monoisotopic (exact) mass is 291 g/mol. The maximum atomic E-state index is 12.7. The molecule has 0 unspecified atom stereocenters. The van der Waals surface area contributed by atoms with Crippen molar-refractivity contribution in [2.24, 2.45) is 0 Å². The lowest BCUT2D eigenvalue weighted by atomic mass is 10.0. The van der Waals surface area contributed by atoms with E-state index < -0.39 is 10.0 Å². The first-order valence-corrected chi connectivity index (χ1v) is 8.06. The third-order valence-electron chi connectivity index (χ3n) is 3.56. The lowest BCUT2D eigenvalue weighted by Crippen LogP contribution is -2.35. The molecular weight excluding hydrogens is 274 g/mol. The Morgan fingerprint density at radius 1 is 1.30 bits per heavy atom. The van der Waals surface area contributed by atoms with Gasteiger partial charge in [0.2, 0.25) is 0 Å². The van der Waals surface area contributed by atoms with Crippen LogP contribution in [0.1, 0.15) is 23.4 Å². The SMILES string of the molecule is Cc1ccc2c(c1)CCCN2S(=O)(=O)c1cnc(C)[nH]1. The van der Waals surface area contributed by atoms with E-state index in [9.17, 15) is 8.42 Å². The number of hydrogen-bond acceptors (Lipinski definition) is 3. The van der Waals surface area contributed by atoms with Gasteiger partial charge in [-0.25, -0.2) is 4.98 Å². The number of nitrogens with one attached hydrogen (secondary N) is 1. The molecule has 0 saturated heterocycles. The maximum Gasteiger partial charge on any atom is 0.281 e. The molecule has 2 aromatic rings. The normalized spacial score (nSPS) is 15.2. The van der Waals surface area contributed by atoms with Gasteiger partial charge in [0.25, 0.3) is 10.0 Å². The van der Waals surface area contributed by atoms with Crippen molar-refractivity contribution in [1.29, 1.82) is 0 Å². The molecule has 0 aliphatic carbocycles. The topological polar surface area (TPSA) is 66.1 Å². The summed E-state index contributed by atoms with van der Waals surface area (Å²) >= 11 is 0. The molecule has 1 aromatic heterocycles. The van der Waals surface area contributed by atoms with E-state index in [0.717, 1.165) is 29.7 Å². The zero-order valence-electron chi connectivity index (χ0n) is 11.5. The standard InChI is InChI=1S/C14H17N3O2S/c1-10-5-6-13-12(8-10)4-3-7-17(13)20(18,19)14-9-15-11(2)16-14/h5-6,8-9H,3-4,7H2,1-2H3,(H,15,16). The first-order valence-electron chi connectivity index (χ1n) is 6.62. The van der Waals surface area contributed by atoms with Crippen molar-refractivity contribution < 1.29 is 8.42 Å². The lowest BCUT2D eigenvalue weighted by molar-refractivity contribution is 0.583. The third kappa shape index (κ3) is 2.10. The van der Waals surface area contributed by atoms with Gasteiger partial charge in [-0.2, -0.15) is 8.42 Å². The Labute approximate surface area is 118 Å². The van der Waals surface area contributed by atoms with E-state index in [-0.39, 0.29) is 5.03 Å². The molecule has 0 saturated carbocycles. The zero-order chi connectivity index (χ0) is 14.3. The molecular formula is C14H17N3O2S. The summed E-state index contributed by atoms with van der Waals surface area (Å²) in [7, 11) is -3.55. The first-order chi connectivity index (χ1) is 9.48. The van der Waals surface area contributed by atoms with E-state index >= 15 is 0 Å². The highest BCUT2D eigenvalue weighted by atomic mass is 32.2. The van der Waals surface area contributed by atoms with Crippen LogP contribution < -0.4 is 4.31 Å². The molecule has 0 fully saturated rings. The number of rotatable bonds is 2. The van der Waals surface area contributed by atoms with E-state index in [1.165, 1.54) is 10.5 Å². The van der Waals surface area contributed by atoms with Gasteiger partial charge >= 0.3 is 0 Å². The van der Waals surface area contributed by atoms with Crippen LogP contribution in [0.3, 0.4) is 0 Å². The van der Waals surface area contributed by atoms with Crippen LogP contribution in [0.2, 0.25) is 0 Å². The van der Waals surface area contributed by atoms with Crippen molar-refractivity contribution >= 4 is 15.7 Å². The maximum absolute atomic E-state index is 12.7. The minimum atomic E-state index is -3.55. The van der Waals surface area contributed by atoms with Crippen LogP contribution in [0.5, 0.6) is 0 Å². The number of H-pyrrole nitrogens is 1. The summed E-state index contributed by atoms with van der Waals surface area (Å²) in [5.74, 6) is 0.602.